The third-order valence-electron chi connectivity index (χ3n) is 4.30. The van der Waals surface area contributed by atoms with Crippen molar-refractivity contribution in [2.45, 2.75) is 6.92 Å². The number of para-hydroxylation sites is 1. The number of aryl methyl sites for hydroxylation is 1. The fraction of sp³-hybridized carbons (Fsp3) is 0.0476. The van der Waals surface area contributed by atoms with Gasteiger partial charge in [-0.15, -0.1) is 0 Å². The number of carbonyl (C=O) groups is 2. The maximum Gasteiger partial charge on any atom is 0.261 e. The highest BCUT2D eigenvalue weighted by atomic mass is 35.5. The Morgan fingerprint density at radius 1 is 0.966 bits per heavy atom. The van der Waals surface area contributed by atoms with Crippen LogP contribution in [0.2, 0.25) is 5.02 Å². The molecule has 2 aromatic carbocycles. The van der Waals surface area contributed by atoms with Crippen LogP contribution < -0.4 is 10.6 Å². The van der Waals surface area contributed by atoms with Gasteiger partial charge in [0, 0.05) is 23.8 Å². The standard InChI is InChI=1S/C21H16ClN5O2/c1-13-18(19-23-10-5-11-27(19)26-13)21(29)25-15-8-9-17(22)16(12-15)20(28)24-14-6-3-2-4-7-14/h2-12H,1H3,(H,24,28)(H,25,29). The molecular formula is C21H16ClN5O2. The molecule has 144 valence electrons. The van der Waals surface area contributed by atoms with E-state index >= 15 is 0 Å². The lowest BCUT2D eigenvalue weighted by Gasteiger charge is -2.10. The molecule has 2 N–H and O–H groups in total. The quantitative estimate of drug-likeness (QED) is 0.532. The number of nitrogens with zero attached hydrogens (tertiary/aromatic N) is 3. The van der Waals surface area contributed by atoms with E-state index in [1.807, 2.05) is 18.2 Å². The minimum Gasteiger partial charge on any atom is -0.322 e. The second kappa shape index (κ2) is 7.73. The van der Waals surface area contributed by atoms with Crippen molar-refractivity contribution in [1.82, 2.24) is 14.6 Å². The Hall–Kier alpha value is -3.71. The van der Waals surface area contributed by atoms with Crippen molar-refractivity contribution in [3.63, 3.8) is 0 Å². The number of hydrogen-bond acceptors (Lipinski definition) is 4. The zero-order valence-corrected chi connectivity index (χ0v) is 16.1. The Morgan fingerprint density at radius 3 is 2.52 bits per heavy atom. The van der Waals surface area contributed by atoms with Crippen LogP contribution in [0.15, 0.2) is 67.0 Å². The van der Waals surface area contributed by atoms with E-state index in [1.165, 1.54) is 6.07 Å². The molecule has 0 saturated carbocycles. The van der Waals surface area contributed by atoms with Gasteiger partial charge in [0.25, 0.3) is 11.8 Å². The van der Waals surface area contributed by atoms with E-state index in [4.69, 9.17) is 11.6 Å². The molecule has 4 rings (SSSR count). The smallest absolute Gasteiger partial charge is 0.261 e. The van der Waals surface area contributed by atoms with Crippen molar-refractivity contribution in [2.75, 3.05) is 10.6 Å². The molecule has 0 aliphatic heterocycles. The summed E-state index contributed by atoms with van der Waals surface area (Å²) in [5.41, 5.74) is 2.72. The summed E-state index contributed by atoms with van der Waals surface area (Å²) in [6, 6.07) is 15.5. The Labute approximate surface area is 171 Å². The number of benzene rings is 2. The SMILES string of the molecule is Cc1nn2cccnc2c1C(=O)Nc1ccc(Cl)c(C(=O)Nc2ccccc2)c1. The lowest BCUT2D eigenvalue weighted by atomic mass is 10.1. The molecule has 0 fully saturated rings. The first-order chi connectivity index (χ1) is 14.0. The van der Waals surface area contributed by atoms with Crippen molar-refractivity contribution >= 4 is 40.4 Å². The maximum absolute atomic E-state index is 12.8. The van der Waals surface area contributed by atoms with Crippen LogP contribution in [0, 0.1) is 6.92 Å². The van der Waals surface area contributed by atoms with Crippen LogP contribution in [-0.2, 0) is 0 Å². The van der Waals surface area contributed by atoms with Gasteiger partial charge in [-0.2, -0.15) is 5.10 Å². The first-order valence-electron chi connectivity index (χ1n) is 8.80. The number of rotatable bonds is 4. The largest absolute Gasteiger partial charge is 0.322 e. The lowest BCUT2D eigenvalue weighted by molar-refractivity contribution is 0.101. The van der Waals surface area contributed by atoms with Gasteiger partial charge >= 0.3 is 0 Å². The van der Waals surface area contributed by atoms with Crippen molar-refractivity contribution in [3.8, 4) is 0 Å². The fourth-order valence-corrected chi connectivity index (χ4v) is 3.16. The predicted octanol–water partition coefficient (Wildman–Crippen LogP) is 4.20. The maximum atomic E-state index is 12.8. The van der Waals surface area contributed by atoms with Gasteiger partial charge < -0.3 is 10.6 Å². The van der Waals surface area contributed by atoms with Crippen LogP contribution in [-0.4, -0.2) is 26.4 Å². The first-order valence-corrected chi connectivity index (χ1v) is 9.18. The van der Waals surface area contributed by atoms with Crippen LogP contribution in [0.4, 0.5) is 11.4 Å². The molecular weight excluding hydrogens is 390 g/mol. The normalized spacial score (nSPS) is 10.7. The van der Waals surface area contributed by atoms with E-state index in [0.29, 0.717) is 28.3 Å². The third kappa shape index (κ3) is 3.81. The number of fused-ring (bicyclic) bond motifs is 1. The molecule has 29 heavy (non-hydrogen) atoms. The highest BCUT2D eigenvalue weighted by Crippen LogP contribution is 2.23. The average Bonchev–Trinajstić information content (AvgIpc) is 3.06. The summed E-state index contributed by atoms with van der Waals surface area (Å²) >= 11 is 6.20. The van der Waals surface area contributed by atoms with Crippen molar-refractivity contribution in [2.24, 2.45) is 0 Å². The first kappa shape index (κ1) is 18.6. The molecule has 2 heterocycles. The Balaban J connectivity index is 1.59. The minimum atomic E-state index is -0.369. The van der Waals surface area contributed by atoms with Crippen molar-refractivity contribution < 1.29 is 9.59 Å². The Kier molecular flexibility index (Phi) is 4.97. The highest BCUT2D eigenvalue weighted by Gasteiger charge is 2.19. The summed E-state index contributed by atoms with van der Waals surface area (Å²) in [6.45, 7) is 1.74. The fourth-order valence-electron chi connectivity index (χ4n) is 2.95. The molecule has 0 saturated heterocycles. The lowest BCUT2D eigenvalue weighted by Crippen LogP contribution is -2.16. The van der Waals surface area contributed by atoms with E-state index in [-0.39, 0.29) is 22.4 Å². The molecule has 0 aliphatic rings. The number of hydrogen-bond donors (Lipinski definition) is 2. The number of halogens is 1. The third-order valence-corrected chi connectivity index (χ3v) is 4.63. The molecule has 0 spiro atoms. The van der Waals surface area contributed by atoms with Crippen molar-refractivity contribution in [1.29, 1.82) is 0 Å². The summed E-state index contributed by atoms with van der Waals surface area (Å²) in [4.78, 5) is 29.7. The van der Waals surface area contributed by atoms with Gasteiger partial charge in [0.1, 0.15) is 5.56 Å². The number of aromatic nitrogens is 3. The monoisotopic (exact) mass is 405 g/mol. The van der Waals surface area contributed by atoms with Crippen molar-refractivity contribution in [3.05, 3.63) is 88.8 Å². The molecule has 0 bridgehead atoms. The zero-order valence-electron chi connectivity index (χ0n) is 15.4. The number of anilines is 2. The second-order valence-electron chi connectivity index (χ2n) is 6.32. The molecule has 0 aliphatic carbocycles. The van der Waals surface area contributed by atoms with E-state index in [9.17, 15) is 9.59 Å². The number of amides is 2. The Morgan fingerprint density at radius 2 is 1.72 bits per heavy atom. The van der Waals surface area contributed by atoms with Gasteiger partial charge in [-0.3, -0.25) is 9.59 Å². The molecule has 2 amide bonds. The van der Waals surface area contributed by atoms with Gasteiger partial charge in [0.2, 0.25) is 0 Å². The predicted molar refractivity (Wildman–Crippen MR) is 112 cm³/mol. The molecule has 0 radical (unpaired) electrons. The van der Waals surface area contributed by atoms with Gasteiger partial charge in [-0.1, -0.05) is 29.8 Å². The van der Waals surface area contributed by atoms with E-state index < -0.39 is 0 Å². The molecule has 8 heteroatoms. The summed E-state index contributed by atoms with van der Waals surface area (Å²) in [7, 11) is 0. The zero-order chi connectivity index (χ0) is 20.4. The van der Waals surface area contributed by atoms with Crippen LogP contribution in [0.25, 0.3) is 5.65 Å². The molecule has 2 aromatic heterocycles. The van der Waals surface area contributed by atoms with Gasteiger partial charge in [-0.25, -0.2) is 9.50 Å². The number of nitrogens with one attached hydrogen (secondary N) is 2. The minimum absolute atomic E-state index is 0.253. The molecule has 4 aromatic rings. The summed E-state index contributed by atoms with van der Waals surface area (Å²) < 4.78 is 1.55. The van der Waals surface area contributed by atoms with Gasteiger partial charge in [-0.05, 0) is 43.3 Å². The van der Waals surface area contributed by atoms with Gasteiger partial charge in [0.05, 0.1) is 16.3 Å². The highest BCUT2D eigenvalue weighted by molar-refractivity contribution is 6.34. The topological polar surface area (TPSA) is 88.4 Å². The summed E-state index contributed by atoms with van der Waals surface area (Å²) in [6.07, 6.45) is 3.32. The Bertz CT molecular complexity index is 1220. The van der Waals surface area contributed by atoms with E-state index in [2.05, 4.69) is 20.7 Å². The van der Waals surface area contributed by atoms with Gasteiger partial charge in [0.15, 0.2) is 5.65 Å². The molecule has 7 nitrogen and oxygen atoms in total. The van der Waals surface area contributed by atoms with E-state index in [0.717, 1.165) is 0 Å². The second-order valence-corrected chi connectivity index (χ2v) is 6.72. The summed E-state index contributed by atoms with van der Waals surface area (Å²) in [5, 5.41) is 10.1. The molecule has 0 unspecified atom stereocenters. The van der Waals surface area contributed by atoms with Crippen LogP contribution in [0.1, 0.15) is 26.4 Å². The molecule has 0 atom stereocenters. The number of carbonyl (C=O) groups excluding carboxylic acids is 2. The summed E-state index contributed by atoms with van der Waals surface area (Å²) in [5.74, 6) is -0.737. The van der Waals surface area contributed by atoms with Crippen LogP contribution >= 0.6 is 11.6 Å². The van der Waals surface area contributed by atoms with Crippen LogP contribution in [0.5, 0.6) is 0 Å². The average molecular weight is 406 g/mol. The van der Waals surface area contributed by atoms with Crippen LogP contribution in [0.3, 0.4) is 0 Å². The van der Waals surface area contributed by atoms with E-state index in [1.54, 1.807) is 54.2 Å².